The minimum absolute atomic E-state index is 0.0870. The highest BCUT2D eigenvalue weighted by Gasteiger charge is 2.22. The molecule has 2 N–H and O–H groups in total. The molecule has 0 amide bonds. The minimum atomic E-state index is 0.0870. The van der Waals surface area contributed by atoms with Gasteiger partial charge in [0.15, 0.2) is 0 Å². The van der Waals surface area contributed by atoms with Gasteiger partial charge in [0.05, 0.1) is 12.8 Å². The normalized spacial score (nSPS) is 14.1. The zero-order chi connectivity index (χ0) is 12.2. The van der Waals surface area contributed by atoms with Crippen molar-refractivity contribution in [2.24, 2.45) is 12.5 Å². The highest BCUT2D eigenvalue weighted by molar-refractivity contribution is 5.04. The number of hydrogen-bond acceptors (Lipinski definition) is 3. The second kappa shape index (κ2) is 5.46. The van der Waals surface area contributed by atoms with E-state index in [1.807, 2.05) is 24.1 Å². The van der Waals surface area contributed by atoms with Gasteiger partial charge >= 0.3 is 0 Å². The lowest BCUT2D eigenvalue weighted by Gasteiger charge is -2.30. The standard InChI is InChI=1S/C12H23N3O/c1-12(2,3)11(9-16)13-6-5-10-7-14-15(4)8-10/h7-8,11,13,16H,5-6,9H2,1-4H3. The molecule has 1 aromatic heterocycles. The summed E-state index contributed by atoms with van der Waals surface area (Å²) in [6.45, 7) is 7.44. The Kier molecular flexibility index (Phi) is 4.50. The van der Waals surface area contributed by atoms with Gasteiger partial charge in [-0.15, -0.1) is 0 Å². The molecule has 92 valence electrons. The number of rotatable bonds is 5. The van der Waals surface area contributed by atoms with Crippen LogP contribution in [0.4, 0.5) is 0 Å². The summed E-state index contributed by atoms with van der Waals surface area (Å²) in [6.07, 6.45) is 4.85. The van der Waals surface area contributed by atoms with Crippen LogP contribution >= 0.6 is 0 Å². The Balaban J connectivity index is 2.34. The topological polar surface area (TPSA) is 50.1 Å². The molecule has 1 rings (SSSR count). The Labute approximate surface area is 97.7 Å². The maximum absolute atomic E-state index is 9.28. The third kappa shape index (κ3) is 3.94. The molecule has 0 aromatic carbocycles. The van der Waals surface area contributed by atoms with Crippen molar-refractivity contribution >= 4 is 0 Å². The van der Waals surface area contributed by atoms with Crippen LogP contribution in [0.15, 0.2) is 12.4 Å². The van der Waals surface area contributed by atoms with Crippen molar-refractivity contribution < 1.29 is 5.11 Å². The second-order valence-corrected chi connectivity index (χ2v) is 5.33. The Morgan fingerprint density at radius 1 is 1.50 bits per heavy atom. The van der Waals surface area contributed by atoms with Crippen molar-refractivity contribution in [3.8, 4) is 0 Å². The molecule has 0 saturated carbocycles. The molecular weight excluding hydrogens is 202 g/mol. The molecule has 0 saturated heterocycles. The van der Waals surface area contributed by atoms with Crippen LogP contribution in [0.2, 0.25) is 0 Å². The summed E-state index contributed by atoms with van der Waals surface area (Å²) in [5.41, 5.74) is 1.31. The molecule has 0 spiro atoms. The number of aromatic nitrogens is 2. The molecule has 1 atom stereocenters. The van der Waals surface area contributed by atoms with Crippen molar-refractivity contribution in [2.45, 2.75) is 33.2 Å². The van der Waals surface area contributed by atoms with E-state index in [4.69, 9.17) is 0 Å². The summed E-state index contributed by atoms with van der Waals surface area (Å²) in [5.74, 6) is 0. The second-order valence-electron chi connectivity index (χ2n) is 5.33. The van der Waals surface area contributed by atoms with Crippen molar-refractivity contribution in [1.82, 2.24) is 15.1 Å². The molecule has 0 bridgehead atoms. The lowest BCUT2D eigenvalue weighted by Crippen LogP contribution is -2.43. The Morgan fingerprint density at radius 2 is 2.19 bits per heavy atom. The summed E-state index contributed by atoms with van der Waals surface area (Å²) in [5, 5.41) is 16.8. The van der Waals surface area contributed by atoms with Crippen LogP contribution in [0.5, 0.6) is 0 Å². The smallest absolute Gasteiger partial charge is 0.0589 e. The van der Waals surface area contributed by atoms with Gasteiger partial charge in [-0.3, -0.25) is 4.68 Å². The van der Waals surface area contributed by atoms with E-state index >= 15 is 0 Å². The van der Waals surface area contributed by atoms with E-state index in [9.17, 15) is 5.11 Å². The van der Waals surface area contributed by atoms with Gasteiger partial charge in [0.1, 0.15) is 0 Å². The number of nitrogens with zero attached hydrogens (tertiary/aromatic N) is 2. The maximum atomic E-state index is 9.28. The van der Waals surface area contributed by atoms with Gasteiger partial charge < -0.3 is 10.4 Å². The van der Waals surface area contributed by atoms with Gasteiger partial charge in [-0.05, 0) is 23.9 Å². The summed E-state index contributed by atoms with van der Waals surface area (Å²) in [4.78, 5) is 0. The quantitative estimate of drug-likeness (QED) is 0.784. The molecule has 1 aromatic rings. The number of nitrogens with one attached hydrogen (secondary N) is 1. The molecule has 0 fully saturated rings. The molecule has 0 radical (unpaired) electrons. The highest BCUT2D eigenvalue weighted by atomic mass is 16.3. The fourth-order valence-electron chi connectivity index (χ4n) is 1.64. The third-order valence-electron chi connectivity index (χ3n) is 2.79. The van der Waals surface area contributed by atoms with E-state index in [2.05, 4.69) is 31.2 Å². The lowest BCUT2D eigenvalue weighted by molar-refractivity contribution is 0.160. The Morgan fingerprint density at radius 3 is 2.62 bits per heavy atom. The molecule has 0 aliphatic heterocycles. The van der Waals surface area contributed by atoms with E-state index in [0.717, 1.165) is 13.0 Å². The SMILES string of the molecule is Cn1cc(CCNC(CO)C(C)(C)C)cn1. The zero-order valence-corrected chi connectivity index (χ0v) is 10.7. The molecule has 4 heteroatoms. The fourth-order valence-corrected chi connectivity index (χ4v) is 1.64. The fraction of sp³-hybridized carbons (Fsp3) is 0.750. The largest absolute Gasteiger partial charge is 0.395 e. The van der Waals surface area contributed by atoms with Gasteiger partial charge in [-0.25, -0.2) is 0 Å². The van der Waals surface area contributed by atoms with Crippen molar-refractivity contribution in [3.63, 3.8) is 0 Å². The van der Waals surface area contributed by atoms with Gasteiger partial charge in [0.25, 0.3) is 0 Å². The summed E-state index contributed by atoms with van der Waals surface area (Å²) < 4.78 is 1.81. The first kappa shape index (κ1) is 13.2. The van der Waals surface area contributed by atoms with Crippen LogP contribution in [0.25, 0.3) is 0 Å². The molecule has 1 unspecified atom stereocenters. The van der Waals surface area contributed by atoms with Crippen molar-refractivity contribution in [2.75, 3.05) is 13.2 Å². The van der Waals surface area contributed by atoms with E-state index in [0.29, 0.717) is 0 Å². The van der Waals surface area contributed by atoms with Crippen LogP contribution < -0.4 is 5.32 Å². The van der Waals surface area contributed by atoms with E-state index in [1.54, 1.807) is 0 Å². The monoisotopic (exact) mass is 225 g/mol. The minimum Gasteiger partial charge on any atom is -0.395 e. The van der Waals surface area contributed by atoms with E-state index in [1.165, 1.54) is 5.56 Å². The molecule has 0 aliphatic carbocycles. The number of hydrogen-bond donors (Lipinski definition) is 2. The van der Waals surface area contributed by atoms with Gasteiger partial charge in [0.2, 0.25) is 0 Å². The molecular formula is C12H23N3O. The number of aliphatic hydroxyl groups is 1. The maximum Gasteiger partial charge on any atom is 0.0589 e. The van der Waals surface area contributed by atoms with Crippen LogP contribution in [0.3, 0.4) is 0 Å². The molecule has 16 heavy (non-hydrogen) atoms. The summed E-state index contributed by atoms with van der Waals surface area (Å²) in [7, 11) is 1.92. The Hall–Kier alpha value is -0.870. The summed E-state index contributed by atoms with van der Waals surface area (Å²) >= 11 is 0. The van der Waals surface area contributed by atoms with Crippen LogP contribution in [-0.4, -0.2) is 34.1 Å². The molecule has 1 heterocycles. The highest BCUT2D eigenvalue weighted by Crippen LogP contribution is 2.18. The van der Waals surface area contributed by atoms with Gasteiger partial charge in [-0.2, -0.15) is 5.10 Å². The first-order chi connectivity index (χ1) is 7.43. The van der Waals surface area contributed by atoms with Crippen LogP contribution in [0, 0.1) is 5.41 Å². The van der Waals surface area contributed by atoms with Crippen molar-refractivity contribution in [3.05, 3.63) is 18.0 Å². The Bertz CT molecular complexity index is 314. The predicted molar refractivity (Wildman–Crippen MR) is 65.2 cm³/mol. The average Bonchev–Trinajstić information content (AvgIpc) is 2.57. The summed E-state index contributed by atoms with van der Waals surface area (Å²) in [6, 6.07) is 0.143. The van der Waals surface area contributed by atoms with E-state index < -0.39 is 0 Å². The third-order valence-corrected chi connectivity index (χ3v) is 2.79. The average molecular weight is 225 g/mol. The number of aliphatic hydroxyl groups excluding tert-OH is 1. The van der Waals surface area contributed by atoms with Crippen LogP contribution in [-0.2, 0) is 13.5 Å². The van der Waals surface area contributed by atoms with Crippen molar-refractivity contribution in [1.29, 1.82) is 0 Å². The first-order valence-corrected chi connectivity index (χ1v) is 5.75. The zero-order valence-electron chi connectivity index (χ0n) is 10.7. The van der Waals surface area contributed by atoms with Gasteiger partial charge in [0, 0.05) is 19.3 Å². The van der Waals surface area contributed by atoms with Gasteiger partial charge in [-0.1, -0.05) is 20.8 Å². The number of aryl methyl sites for hydroxylation is 1. The van der Waals surface area contributed by atoms with Crippen LogP contribution in [0.1, 0.15) is 26.3 Å². The molecule has 0 aliphatic rings. The predicted octanol–water partition coefficient (Wildman–Crippen LogP) is 0.959. The lowest BCUT2D eigenvalue weighted by atomic mass is 9.87. The first-order valence-electron chi connectivity index (χ1n) is 5.75. The van der Waals surface area contributed by atoms with E-state index in [-0.39, 0.29) is 18.1 Å². The molecule has 4 nitrogen and oxygen atoms in total.